The van der Waals surface area contributed by atoms with Crippen LogP contribution in [0.3, 0.4) is 0 Å². The number of carbonyl (C=O) groups is 1. The van der Waals surface area contributed by atoms with Crippen molar-refractivity contribution in [2.24, 2.45) is 25.7 Å². The lowest BCUT2D eigenvalue weighted by atomic mass is 10.2. The van der Waals surface area contributed by atoms with E-state index in [0.717, 1.165) is 0 Å². The topological polar surface area (TPSA) is 92.5 Å². The number of nitrogens with zero attached hydrogens (tertiary/aromatic N) is 4. The van der Waals surface area contributed by atoms with E-state index in [4.69, 9.17) is 5.73 Å². The van der Waals surface area contributed by atoms with Crippen LogP contribution in [-0.4, -0.2) is 35.7 Å². The predicted molar refractivity (Wildman–Crippen MR) is 49.5 cm³/mol. The molecule has 2 N–H and O–H groups in total. The Bertz CT molecular complexity index is 390. The summed E-state index contributed by atoms with van der Waals surface area (Å²) in [7, 11) is 0. The van der Waals surface area contributed by atoms with Crippen molar-refractivity contribution in [1.82, 2.24) is 0 Å². The van der Waals surface area contributed by atoms with Crippen molar-refractivity contribution in [3.63, 3.8) is 0 Å². The van der Waals surface area contributed by atoms with Gasteiger partial charge in [0.05, 0.1) is 5.71 Å². The highest BCUT2D eigenvalue weighted by Crippen LogP contribution is 2.08. The third kappa shape index (κ3) is 1.26. The van der Waals surface area contributed by atoms with Gasteiger partial charge in [0.2, 0.25) is 5.96 Å². The maximum atomic E-state index is 11.2. The van der Waals surface area contributed by atoms with Crippen LogP contribution in [-0.2, 0) is 4.79 Å². The average molecular weight is 177 g/mol. The number of carbonyl (C=O) groups excluding carboxylic acids is 1. The average Bonchev–Trinajstić information content (AvgIpc) is 2.02. The monoisotopic (exact) mass is 177 g/mol. The van der Waals surface area contributed by atoms with E-state index in [0.29, 0.717) is 11.5 Å². The minimum atomic E-state index is -0.684. The van der Waals surface area contributed by atoms with Gasteiger partial charge in [0.1, 0.15) is 0 Å². The molecular formula is C7H7N5O. The standard InChI is InChI=1S/C7H7N5O/c1-3-2-9-4-5(10-3)11-7(8)12-6(4)13/h2,4H,1H3,(H2,8,12,13). The van der Waals surface area contributed by atoms with Gasteiger partial charge in [-0.25, -0.2) is 4.99 Å². The molecule has 6 heteroatoms. The molecule has 0 aromatic carbocycles. The number of aliphatic imine (C=N–C) groups is 4. The lowest BCUT2D eigenvalue weighted by Crippen LogP contribution is -2.36. The number of rotatable bonds is 0. The highest BCUT2D eigenvalue weighted by molar-refractivity contribution is 6.36. The van der Waals surface area contributed by atoms with Crippen LogP contribution in [0.15, 0.2) is 20.0 Å². The third-order valence-corrected chi connectivity index (χ3v) is 1.63. The molecule has 0 saturated carbocycles. The van der Waals surface area contributed by atoms with Gasteiger partial charge in [-0.3, -0.25) is 9.79 Å². The summed E-state index contributed by atoms with van der Waals surface area (Å²) in [5, 5.41) is 0. The first kappa shape index (κ1) is 7.78. The van der Waals surface area contributed by atoms with Crippen LogP contribution in [0.1, 0.15) is 6.92 Å². The Balaban J connectivity index is 2.46. The van der Waals surface area contributed by atoms with Crippen molar-refractivity contribution >= 4 is 29.6 Å². The minimum absolute atomic E-state index is 0.0510. The van der Waals surface area contributed by atoms with E-state index in [1.165, 1.54) is 6.21 Å². The Labute approximate surface area is 74.0 Å². The summed E-state index contributed by atoms with van der Waals surface area (Å²) in [5.41, 5.74) is 6.00. The van der Waals surface area contributed by atoms with Crippen LogP contribution in [0, 0.1) is 0 Å². The Morgan fingerprint density at radius 1 is 1.38 bits per heavy atom. The van der Waals surface area contributed by atoms with Crippen molar-refractivity contribution in [3.05, 3.63) is 0 Å². The zero-order valence-corrected chi connectivity index (χ0v) is 6.93. The van der Waals surface area contributed by atoms with Crippen LogP contribution in [0.4, 0.5) is 0 Å². The summed E-state index contributed by atoms with van der Waals surface area (Å²) in [6.07, 6.45) is 1.53. The van der Waals surface area contributed by atoms with E-state index in [-0.39, 0.29) is 5.96 Å². The normalized spacial score (nSPS) is 26.1. The molecule has 0 fully saturated rings. The second-order valence-corrected chi connectivity index (χ2v) is 2.71. The van der Waals surface area contributed by atoms with E-state index < -0.39 is 11.9 Å². The molecule has 1 amide bonds. The van der Waals surface area contributed by atoms with Gasteiger partial charge in [-0.2, -0.15) is 9.98 Å². The first-order valence-corrected chi connectivity index (χ1v) is 3.72. The second kappa shape index (κ2) is 2.58. The molecule has 1 atom stereocenters. The lowest BCUT2D eigenvalue weighted by molar-refractivity contribution is -0.117. The van der Waals surface area contributed by atoms with Gasteiger partial charge in [0, 0.05) is 6.21 Å². The van der Waals surface area contributed by atoms with Crippen LogP contribution in [0.25, 0.3) is 0 Å². The van der Waals surface area contributed by atoms with Crippen molar-refractivity contribution in [3.8, 4) is 0 Å². The van der Waals surface area contributed by atoms with Crippen LogP contribution in [0.2, 0.25) is 0 Å². The van der Waals surface area contributed by atoms with Crippen LogP contribution < -0.4 is 5.73 Å². The molecular weight excluding hydrogens is 170 g/mol. The highest BCUT2D eigenvalue weighted by atomic mass is 16.1. The molecule has 0 bridgehead atoms. The summed E-state index contributed by atoms with van der Waals surface area (Å²) in [5.74, 6) is -0.127. The first-order chi connectivity index (χ1) is 6.16. The molecule has 2 aliphatic rings. The highest BCUT2D eigenvalue weighted by Gasteiger charge is 2.28. The Kier molecular flexibility index (Phi) is 1.54. The van der Waals surface area contributed by atoms with Crippen molar-refractivity contribution in [2.75, 3.05) is 0 Å². The van der Waals surface area contributed by atoms with Crippen molar-refractivity contribution in [1.29, 1.82) is 0 Å². The summed E-state index contributed by atoms with van der Waals surface area (Å²) in [4.78, 5) is 26.5. The second-order valence-electron chi connectivity index (χ2n) is 2.71. The molecule has 2 aliphatic heterocycles. The van der Waals surface area contributed by atoms with Crippen LogP contribution >= 0.6 is 0 Å². The van der Waals surface area contributed by atoms with Gasteiger partial charge in [0.15, 0.2) is 11.9 Å². The number of fused-ring (bicyclic) bond motifs is 1. The van der Waals surface area contributed by atoms with E-state index >= 15 is 0 Å². The molecule has 0 saturated heterocycles. The number of hydrogen-bond acceptors (Lipinski definition) is 5. The van der Waals surface area contributed by atoms with Gasteiger partial charge in [-0.05, 0) is 6.92 Å². The molecule has 0 aliphatic carbocycles. The van der Waals surface area contributed by atoms with Gasteiger partial charge in [-0.1, -0.05) is 0 Å². The van der Waals surface area contributed by atoms with Gasteiger partial charge in [-0.15, -0.1) is 0 Å². The summed E-state index contributed by atoms with van der Waals surface area (Å²) in [6.45, 7) is 1.77. The minimum Gasteiger partial charge on any atom is -0.368 e. The SMILES string of the molecule is CC1=NC2=NC(N)=NC(=O)C2N=C1. The smallest absolute Gasteiger partial charge is 0.281 e. The maximum absolute atomic E-state index is 11.2. The molecule has 6 nitrogen and oxygen atoms in total. The summed E-state index contributed by atoms with van der Waals surface area (Å²) in [6, 6.07) is -0.684. The Morgan fingerprint density at radius 3 is 2.92 bits per heavy atom. The largest absolute Gasteiger partial charge is 0.368 e. The first-order valence-electron chi connectivity index (χ1n) is 3.72. The Hall–Kier alpha value is -1.85. The molecule has 66 valence electrons. The number of nitrogens with two attached hydrogens (primary N) is 1. The molecule has 1 unspecified atom stereocenters. The molecule has 2 rings (SSSR count). The van der Waals surface area contributed by atoms with E-state index in [9.17, 15) is 4.79 Å². The fourth-order valence-electron chi connectivity index (χ4n) is 1.10. The molecule has 0 aromatic rings. The molecule has 0 radical (unpaired) electrons. The zero-order valence-electron chi connectivity index (χ0n) is 6.93. The lowest BCUT2D eigenvalue weighted by Gasteiger charge is -2.15. The van der Waals surface area contributed by atoms with Crippen molar-refractivity contribution < 1.29 is 4.79 Å². The zero-order chi connectivity index (χ0) is 9.42. The number of amidine groups is 1. The molecule has 0 aromatic heterocycles. The Morgan fingerprint density at radius 2 is 2.15 bits per heavy atom. The molecule has 2 heterocycles. The fourth-order valence-corrected chi connectivity index (χ4v) is 1.10. The summed E-state index contributed by atoms with van der Waals surface area (Å²) < 4.78 is 0. The van der Waals surface area contributed by atoms with E-state index in [2.05, 4.69) is 20.0 Å². The van der Waals surface area contributed by atoms with Gasteiger partial charge >= 0.3 is 0 Å². The number of guanidine groups is 1. The quantitative estimate of drug-likeness (QED) is 0.522. The van der Waals surface area contributed by atoms with Gasteiger partial charge < -0.3 is 5.73 Å². The fraction of sp³-hybridized carbons (Fsp3) is 0.286. The van der Waals surface area contributed by atoms with E-state index in [1.54, 1.807) is 6.92 Å². The van der Waals surface area contributed by atoms with E-state index in [1.807, 2.05) is 0 Å². The summed E-state index contributed by atoms with van der Waals surface area (Å²) >= 11 is 0. The number of amides is 1. The third-order valence-electron chi connectivity index (χ3n) is 1.63. The molecule has 0 spiro atoms. The van der Waals surface area contributed by atoms with Gasteiger partial charge in [0.25, 0.3) is 5.91 Å². The maximum Gasteiger partial charge on any atom is 0.281 e. The van der Waals surface area contributed by atoms with Crippen LogP contribution in [0.5, 0.6) is 0 Å². The predicted octanol–water partition coefficient (Wildman–Crippen LogP) is -0.846. The molecule has 13 heavy (non-hydrogen) atoms. The number of hydrogen-bond donors (Lipinski definition) is 1. The van der Waals surface area contributed by atoms with Crippen molar-refractivity contribution in [2.45, 2.75) is 13.0 Å².